The van der Waals surface area contributed by atoms with Crippen LogP contribution in [-0.2, 0) is 14.4 Å². The molecule has 5 atom stereocenters. The van der Waals surface area contributed by atoms with Gasteiger partial charge in [0.15, 0.2) is 0 Å². The molecule has 5 N–H and O–H groups in total. The smallest absolute Gasteiger partial charge is 0.246 e. The average Bonchev–Trinajstić information content (AvgIpc) is 3.32. The molecular formula is C29H38N4O4. The molecule has 0 aromatic heterocycles. The number of rotatable bonds is 9. The van der Waals surface area contributed by atoms with Crippen molar-refractivity contribution in [2.75, 3.05) is 6.61 Å². The molecule has 2 aromatic rings. The third-order valence-electron chi connectivity index (χ3n) is 7.79. The van der Waals surface area contributed by atoms with Crippen LogP contribution in [0.1, 0.15) is 62.6 Å². The monoisotopic (exact) mass is 506 g/mol. The maximum Gasteiger partial charge on any atom is 0.246 e. The van der Waals surface area contributed by atoms with E-state index in [1.165, 1.54) is 0 Å². The summed E-state index contributed by atoms with van der Waals surface area (Å²) in [5.41, 5.74) is 7.85. The fourth-order valence-electron chi connectivity index (χ4n) is 5.68. The highest BCUT2D eigenvalue weighted by atomic mass is 16.3. The summed E-state index contributed by atoms with van der Waals surface area (Å²) >= 11 is 0. The summed E-state index contributed by atoms with van der Waals surface area (Å²) in [4.78, 5) is 42.0. The molecule has 0 saturated carbocycles. The van der Waals surface area contributed by atoms with Crippen molar-refractivity contribution in [1.29, 1.82) is 0 Å². The number of fused-ring (bicyclic) bond motifs is 1. The van der Waals surface area contributed by atoms with Crippen molar-refractivity contribution in [3.05, 3.63) is 71.8 Å². The molecule has 198 valence electrons. The van der Waals surface area contributed by atoms with Gasteiger partial charge in [-0.25, -0.2) is 0 Å². The van der Waals surface area contributed by atoms with Gasteiger partial charge in [0.05, 0.1) is 12.1 Å². The van der Waals surface area contributed by atoms with E-state index in [9.17, 15) is 19.5 Å². The Morgan fingerprint density at radius 3 is 2.16 bits per heavy atom. The molecule has 0 radical (unpaired) electrons. The molecule has 0 bridgehead atoms. The molecular weight excluding hydrogens is 468 g/mol. The predicted octanol–water partition coefficient (Wildman–Crippen LogP) is 2.27. The maximum absolute atomic E-state index is 13.9. The number of benzene rings is 2. The molecule has 37 heavy (non-hydrogen) atoms. The van der Waals surface area contributed by atoms with Crippen LogP contribution in [0.5, 0.6) is 0 Å². The number of aliphatic hydroxyl groups is 1. The first-order valence-electron chi connectivity index (χ1n) is 13.3. The van der Waals surface area contributed by atoms with Gasteiger partial charge < -0.3 is 26.4 Å². The van der Waals surface area contributed by atoms with Crippen LogP contribution in [0.15, 0.2) is 60.7 Å². The lowest BCUT2D eigenvalue weighted by atomic mass is 9.90. The SMILES string of the molecule is CC[C@H](N)C(=O)N[C@@H]1C(=O)N2[C@@H](CC[C@@H]1CCO)CC[C@H]2C(=O)NC(c1ccccc1)c1ccccc1. The second-order valence-corrected chi connectivity index (χ2v) is 10.1. The fourth-order valence-corrected chi connectivity index (χ4v) is 5.68. The van der Waals surface area contributed by atoms with E-state index in [4.69, 9.17) is 5.73 Å². The van der Waals surface area contributed by atoms with E-state index in [1.54, 1.807) is 4.90 Å². The Labute approximate surface area is 218 Å². The Bertz CT molecular complexity index is 1020. The van der Waals surface area contributed by atoms with E-state index in [1.807, 2.05) is 67.6 Å². The van der Waals surface area contributed by atoms with E-state index < -0.39 is 18.1 Å². The summed E-state index contributed by atoms with van der Waals surface area (Å²) in [6.45, 7) is 1.74. The van der Waals surface area contributed by atoms with Crippen molar-refractivity contribution in [1.82, 2.24) is 15.5 Å². The van der Waals surface area contributed by atoms with Gasteiger partial charge in [-0.05, 0) is 55.6 Å². The minimum Gasteiger partial charge on any atom is -0.396 e. The Morgan fingerprint density at radius 2 is 1.59 bits per heavy atom. The van der Waals surface area contributed by atoms with Crippen molar-refractivity contribution >= 4 is 17.7 Å². The fraction of sp³-hybridized carbons (Fsp3) is 0.483. The van der Waals surface area contributed by atoms with Crippen LogP contribution in [0.2, 0.25) is 0 Å². The largest absolute Gasteiger partial charge is 0.396 e. The number of nitrogens with one attached hydrogen (secondary N) is 2. The Hall–Kier alpha value is -3.23. The topological polar surface area (TPSA) is 125 Å². The van der Waals surface area contributed by atoms with Gasteiger partial charge in [-0.15, -0.1) is 0 Å². The molecule has 2 fully saturated rings. The predicted molar refractivity (Wildman–Crippen MR) is 141 cm³/mol. The Balaban J connectivity index is 1.58. The number of aliphatic hydroxyl groups excluding tert-OH is 1. The van der Waals surface area contributed by atoms with Crippen LogP contribution in [0.25, 0.3) is 0 Å². The number of nitrogens with two attached hydrogens (primary N) is 1. The highest BCUT2D eigenvalue weighted by Crippen LogP contribution is 2.35. The van der Waals surface area contributed by atoms with Crippen molar-refractivity contribution in [2.24, 2.45) is 11.7 Å². The van der Waals surface area contributed by atoms with Gasteiger partial charge in [0.1, 0.15) is 12.1 Å². The highest BCUT2D eigenvalue weighted by molar-refractivity contribution is 5.94. The molecule has 2 heterocycles. The first kappa shape index (κ1) is 26.8. The summed E-state index contributed by atoms with van der Waals surface area (Å²) < 4.78 is 0. The molecule has 8 heteroatoms. The number of hydrogen-bond acceptors (Lipinski definition) is 5. The van der Waals surface area contributed by atoms with Gasteiger partial charge >= 0.3 is 0 Å². The van der Waals surface area contributed by atoms with Crippen molar-refractivity contribution in [3.8, 4) is 0 Å². The molecule has 2 aliphatic rings. The third-order valence-corrected chi connectivity index (χ3v) is 7.79. The van der Waals surface area contributed by atoms with E-state index in [0.717, 1.165) is 24.0 Å². The molecule has 2 aromatic carbocycles. The van der Waals surface area contributed by atoms with Crippen LogP contribution >= 0.6 is 0 Å². The zero-order valence-corrected chi connectivity index (χ0v) is 21.4. The van der Waals surface area contributed by atoms with Gasteiger partial charge in [-0.3, -0.25) is 14.4 Å². The second-order valence-electron chi connectivity index (χ2n) is 10.1. The summed E-state index contributed by atoms with van der Waals surface area (Å²) in [7, 11) is 0. The van der Waals surface area contributed by atoms with E-state index in [2.05, 4.69) is 10.6 Å². The highest BCUT2D eigenvalue weighted by Gasteiger charge is 2.47. The minimum absolute atomic E-state index is 0.0712. The zero-order chi connectivity index (χ0) is 26.4. The lowest BCUT2D eigenvalue weighted by Crippen LogP contribution is -2.58. The summed E-state index contributed by atoms with van der Waals surface area (Å²) in [6, 6.07) is 17.0. The molecule has 0 aliphatic carbocycles. The first-order chi connectivity index (χ1) is 17.9. The van der Waals surface area contributed by atoms with Crippen molar-refractivity contribution in [3.63, 3.8) is 0 Å². The zero-order valence-electron chi connectivity index (χ0n) is 21.4. The third kappa shape index (κ3) is 6.02. The van der Waals surface area contributed by atoms with Crippen LogP contribution in [0.4, 0.5) is 0 Å². The van der Waals surface area contributed by atoms with Gasteiger partial charge in [-0.1, -0.05) is 67.6 Å². The number of hydrogen-bond donors (Lipinski definition) is 4. The summed E-state index contributed by atoms with van der Waals surface area (Å²) in [5, 5.41) is 15.7. The lowest BCUT2D eigenvalue weighted by molar-refractivity contribution is -0.143. The van der Waals surface area contributed by atoms with Crippen molar-refractivity contribution < 1.29 is 19.5 Å². The maximum atomic E-state index is 13.9. The van der Waals surface area contributed by atoms with E-state index >= 15 is 0 Å². The van der Waals surface area contributed by atoms with Gasteiger partial charge in [0, 0.05) is 12.6 Å². The van der Waals surface area contributed by atoms with Gasteiger partial charge in [-0.2, -0.15) is 0 Å². The quantitative estimate of drug-likeness (QED) is 0.415. The molecule has 3 amide bonds. The minimum atomic E-state index is -0.810. The number of carbonyl (C=O) groups is 3. The van der Waals surface area contributed by atoms with Crippen LogP contribution in [0, 0.1) is 5.92 Å². The van der Waals surface area contributed by atoms with Crippen molar-refractivity contribution in [2.45, 2.75) is 75.7 Å². The van der Waals surface area contributed by atoms with Gasteiger partial charge in [0.25, 0.3) is 0 Å². The van der Waals surface area contributed by atoms with Crippen LogP contribution < -0.4 is 16.4 Å². The van der Waals surface area contributed by atoms with Crippen LogP contribution in [-0.4, -0.2) is 58.5 Å². The summed E-state index contributed by atoms with van der Waals surface area (Å²) in [6.07, 6.45) is 3.57. The first-order valence-corrected chi connectivity index (χ1v) is 13.3. The number of carbonyl (C=O) groups excluding carboxylic acids is 3. The molecule has 4 rings (SSSR count). The van der Waals surface area contributed by atoms with Gasteiger partial charge in [0.2, 0.25) is 17.7 Å². The average molecular weight is 507 g/mol. The number of amides is 3. The second kappa shape index (κ2) is 12.3. The standard InChI is InChI=1S/C29H38N4O4/c1-2-23(30)27(35)32-26-21(17-18-34)13-14-22-15-16-24(33(22)29(26)37)28(36)31-25(19-9-5-3-6-10-19)20-11-7-4-8-12-20/h3-12,21-26,34H,2,13-18,30H2,1H3,(H,31,36)(H,32,35)/t21-,22+,23+,24+,26+/m1/s1. The lowest BCUT2D eigenvalue weighted by Gasteiger charge is -2.33. The number of nitrogens with zero attached hydrogens (tertiary/aromatic N) is 1. The molecule has 0 spiro atoms. The molecule has 0 unspecified atom stereocenters. The Kier molecular flexibility index (Phi) is 8.95. The van der Waals surface area contributed by atoms with E-state index in [0.29, 0.717) is 25.7 Å². The summed E-state index contributed by atoms with van der Waals surface area (Å²) in [5.74, 6) is -1.05. The normalized spacial score (nSPS) is 24.3. The van der Waals surface area contributed by atoms with Crippen LogP contribution in [0.3, 0.4) is 0 Å². The Morgan fingerprint density at radius 1 is 1.00 bits per heavy atom. The molecule has 2 saturated heterocycles. The molecule has 2 aliphatic heterocycles. The molecule has 8 nitrogen and oxygen atoms in total. The van der Waals surface area contributed by atoms with E-state index in [-0.39, 0.29) is 42.3 Å².